The van der Waals surface area contributed by atoms with E-state index in [1.54, 1.807) is 18.3 Å². The summed E-state index contributed by atoms with van der Waals surface area (Å²) in [6.45, 7) is 3.72. The number of aryl methyl sites for hydroxylation is 2. The Bertz CT molecular complexity index is 512. The maximum absolute atomic E-state index is 13.9. The van der Waals surface area contributed by atoms with Crippen LogP contribution in [-0.2, 0) is 0 Å². The first-order valence-corrected chi connectivity index (χ1v) is 5.07. The van der Waals surface area contributed by atoms with Crippen molar-refractivity contribution in [3.8, 4) is 11.3 Å². The van der Waals surface area contributed by atoms with Gasteiger partial charge in [-0.3, -0.25) is 4.98 Å². The van der Waals surface area contributed by atoms with Gasteiger partial charge in [0.15, 0.2) is 0 Å². The van der Waals surface area contributed by atoms with Crippen LogP contribution in [-0.4, -0.2) is 4.98 Å². The summed E-state index contributed by atoms with van der Waals surface area (Å²) in [6, 6.07) is 6.88. The third-order valence-electron chi connectivity index (χ3n) is 2.51. The Balaban J connectivity index is 2.70. The molecule has 1 aromatic carbocycles. The van der Waals surface area contributed by atoms with Gasteiger partial charge in [0, 0.05) is 11.8 Å². The van der Waals surface area contributed by atoms with Gasteiger partial charge in [-0.15, -0.1) is 0 Å². The molecule has 2 rings (SSSR count). The molecule has 0 atom stereocenters. The van der Waals surface area contributed by atoms with E-state index in [0.717, 1.165) is 11.1 Å². The number of nitrogens with zero attached hydrogens (tertiary/aromatic N) is 1. The number of pyridine rings is 1. The van der Waals surface area contributed by atoms with Crippen molar-refractivity contribution in [2.45, 2.75) is 13.8 Å². The second-order valence-electron chi connectivity index (χ2n) is 3.88. The first kappa shape index (κ1) is 10.6. The van der Waals surface area contributed by atoms with Crippen LogP contribution < -0.4 is 5.73 Å². The van der Waals surface area contributed by atoms with Gasteiger partial charge in [-0.25, -0.2) is 4.39 Å². The van der Waals surface area contributed by atoms with Crippen LogP contribution in [0.15, 0.2) is 30.5 Å². The lowest BCUT2D eigenvalue weighted by atomic mass is 10.0. The summed E-state index contributed by atoms with van der Waals surface area (Å²) in [4.78, 5) is 4.13. The van der Waals surface area contributed by atoms with E-state index in [4.69, 9.17) is 5.73 Å². The first-order chi connectivity index (χ1) is 7.59. The fourth-order valence-corrected chi connectivity index (χ4v) is 1.84. The average Bonchev–Trinajstić information content (AvgIpc) is 2.19. The third kappa shape index (κ3) is 1.76. The van der Waals surface area contributed by atoms with Crippen molar-refractivity contribution in [2.75, 3.05) is 5.73 Å². The van der Waals surface area contributed by atoms with Gasteiger partial charge in [0.1, 0.15) is 5.82 Å². The van der Waals surface area contributed by atoms with E-state index in [-0.39, 0.29) is 5.82 Å². The molecule has 3 heteroatoms. The Hall–Kier alpha value is -1.90. The van der Waals surface area contributed by atoms with Crippen molar-refractivity contribution in [1.29, 1.82) is 0 Å². The Kier molecular flexibility index (Phi) is 2.60. The molecule has 0 spiro atoms. The highest BCUT2D eigenvalue weighted by atomic mass is 19.1. The number of rotatable bonds is 1. The minimum Gasteiger partial charge on any atom is -0.397 e. The normalized spacial score (nSPS) is 10.4. The van der Waals surface area contributed by atoms with Gasteiger partial charge in [0.05, 0.1) is 11.4 Å². The van der Waals surface area contributed by atoms with Crippen LogP contribution in [0.4, 0.5) is 10.1 Å². The highest BCUT2D eigenvalue weighted by Gasteiger charge is 2.12. The van der Waals surface area contributed by atoms with Gasteiger partial charge in [-0.05, 0) is 43.2 Å². The zero-order valence-electron chi connectivity index (χ0n) is 9.29. The lowest BCUT2D eigenvalue weighted by Gasteiger charge is -2.10. The predicted octanol–water partition coefficient (Wildman–Crippen LogP) is 3.09. The molecule has 0 saturated heterocycles. The van der Waals surface area contributed by atoms with Crippen molar-refractivity contribution >= 4 is 5.69 Å². The van der Waals surface area contributed by atoms with E-state index in [0.29, 0.717) is 16.9 Å². The SMILES string of the molecule is Cc1cc(C)c(-c2ncccc2N)c(F)c1. The van der Waals surface area contributed by atoms with Gasteiger partial charge in [0.2, 0.25) is 0 Å². The van der Waals surface area contributed by atoms with Gasteiger partial charge in [0.25, 0.3) is 0 Å². The van der Waals surface area contributed by atoms with Crippen LogP contribution in [0.1, 0.15) is 11.1 Å². The van der Waals surface area contributed by atoms with Crippen LogP contribution in [0.25, 0.3) is 11.3 Å². The number of nitrogens with two attached hydrogens (primary N) is 1. The van der Waals surface area contributed by atoms with Crippen molar-refractivity contribution < 1.29 is 4.39 Å². The third-order valence-corrected chi connectivity index (χ3v) is 2.51. The summed E-state index contributed by atoms with van der Waals surface area (Å²) in [5.41, 5.74) is 9.04. The molecule has 1 heterocycles. The molecular weight excluding hydrogens is 203 g/mol. The van der Waals surface area contributed by atoms with Gasteiger partial charge < -0.3 is 5.73 Å². The summed E-state index contributed by atoms with van der Waals surface area (Å²) in [7, 11) is 0. The van der Waals surface area contributed by atoms with Crippen LogP contribution in [0.2, 0.25) is 0 Å². The molecule has 82 valence electrons. The predicted molar refractivity (Wildman–Crippen MR) is 63.5 cm³/mol. The maximum Gasteiger partial charge on any atom is 0.133 e. The zero-order chi connectivity index (χ0) is 11.7. The second kappa shape index (κ2) is 3.93. The average molecular weight is 216 g/mol. The minimum absolute atomic E-state index is 0.275. The smallest absolute Gasteiger partial charge is 0.133 e. The Labute approximate surface area is 93.9 Å². The molecule has 2 nitrogen and oxygen atoms in total. The molecule has 0 aliphatic rings. The zero-order valence-corrected chi connectivity index (χ0v) is 9.29. The molecule has 0 radical (unpaired) electrons. The number of halogens is 1. The van der Waals surface area contributed by atoms with E-state index >= 15 is 0 Å². The fourth-order valence-electron chi connectivity index (χ4n) is 1.84. The monoisotopic (exact) mass is 216 g/mol. The lowest BCUT2D eigenvalue weighted by molar-refractivity contribution is 0.628. The van der Waals surface area contributed by atoms with E-state index in [1.807, 2.05) is 19.9 Å². The molecule has 2 N–H and O–H groups in total. The first-order valence-electron chi connectivity index (χ1n) is 5.07. The summed E-state index contributed by atoms with van der Waals surface area (Å²) < 4.78 is 13.9. The maximum atomic E-state index is 13.9. The van der Waals surface area contributed by atoms with Gasteiger partial charge in [-0.2, -0.15) is 0 Å². The lowest BCUT2D eigenvalue weighted by Crippen LogP contribution is -1.97. The summed E-state index contributed by atoms with van der Waals surface area (Å²) in [5, 5.41) is 0. The van der Waals surface area contributed by atoms with E-state index < -0.39 is 0 Å². The van der Waals surface area contributed by atoms with Crippen molar-refractivity contribution in [3.63, 3.8) is 0 Å². The van der Waals surface area contributed by atoms with E-state index in [9.17, 15) is 4.39 Å². The second-order valence-corrected chi connectivity index (χ2v) is 3.88. The van der Waals surface area contributed by atoms with Crippen LogP contribution in [0.3, 0.4) is 0 Å². The van der Waals surface area contributed by atoms with Crippen molar-refractivity contribution in [2.24, 2.45) is 0 Å². The minimum atomic E-state index is -0.275. The number of hydrogen-bond acceptors (Lipinski definition) is 2. The number of hydrogen-bond donors (Lipinski definition) is 1. The largest absolute Gasteiger partial charge is 0.397 e. The molecule has 0 saturated carbocycles. The Morgan fingerprint density at radius 3 is 2.62 bits per heavy atom. The highest BCUT2D eigenvalue weighted by molar-refractivity contribution is 5.75. The molecular formula is C13H13FN2. The van der Waals surface area contributed by atoms with Crippen LogP contribution in [0, 0.1) is 19.7 Å². The number of nitrogen functional groups attached to an aromatic ring is 1. The topological polar surface area (TPSA) is 38.9 Å². The van der Waals surface area contributed by atoms with Crippen LogP contribution >= 0.6 is 0 Å². The molecule has 0 amide bonds. The van der Waals surface area contributed by atoms with Crippen LogP contribution in [0.5, 0.6) is 0 Å². The fraction of sp³-hybridized carbons (Fsp3) is 0.154. The number of aromatic nitrogens is 1. The molecule has 1 aromatic heterocycles. The molecule has 16 heavy (non-hydrogen) atoms. The molecule has 2 aromatic rings. The highest BCUT2D eigenvalue weighted by Crippen LogP contribution is 2.29. The van der Waals surface area contributed by atoms with Crippen molar-refractivity contribution in [1.82, 2.24) is 4.98 Å². The molecule has 0 aliphatic heterocycles. The summed E-state index contributed by atoms with van der Waals surface area (Å²) in [5.74, 6) is -0.275. The van der Waals surface area contributed by atoms with Crippen molar-refractivity contribution in [3.05, 3.63) is 47.4 Å². The quantitative estimate of drug-likeness (QED) is 0.795. The van der Waals surface area contributed by atoms with E-state index in [2.05, 4.69) is 4.98 Å². The summed E-state index contributed by atoms with van der Waals surface area (Å²) >= 11 is 0. The standard InChI is InChI=1S/C13H13FN2/c1-8-6-9(2)12(10(14)7-8)13-11(15)4-3-5-16-13/h3-7H,15H2,1-2H3. The molecule has 0 aliphatic carbocycles. The number of benzene rings is 1. The van der Waals surface area contributed by atoms with Gasteiger partial charge >= 0.3 is 0 Å². The number of anilines is 1. The van der Waals surface area contributed by atoms with E-state index in [1.165, 1.54) is 6.07 Å². The van der Waals surface area contributed by atoms with Gasteiger partial charge in [-0.1, -0.05) is 6.07 Å². The Morgan fingerprint density at radius 2 is 2.00 bits per heavy atom. The summed E-state index contributed by atoms with van der Waals surface area (Å²) in [6.07, 6.45) is 1.62. The molecule has 0 unspecified atom stereocenters. The molecule has 0 bridgehead atoms. The Morgan fingerprint density at radius 1 is 1.25 bits per heavy atom. The molecule has 0 fully saturated rings.